The second-order valence-corrected chi connectivity index (χ2v) is 10.1. The highest BCUT2D eigenvalue weighted by Crippen LogP contribution is 2.33. The predicted molar refractivity (Wildman–Crippen MR) is 168 cm³/mol. The van der Waals surface area contributed by atoms with Gasteiger partial charge in [-0.2, -0.15) is 20.4 Å². The Morgan fingerprint density at radius 2 is 1.13 bits per heavy atom. The molecule has 0 amide bonds. The van der Waals surface area contributed by atoms with Crippen LogP contribution in [0, 0.1) is 0 Å². The molecular weight excluding hydrogens is 572 g/mol. The molecule has 4 heterocycles. The van der Waals surface area contributed by atoms with Gasteiger partial charge < -0.3 is 18.7 Å². The van der Waals surface area contributed by atoms with Crippen molar-refractivity contribution in [1.29, 1.82) is 0 Å². The fourth-order valence-corrected chi connectivity index (χ4v) is 5.11. The normalized spacial score (nSPS) is 11.0. The number of hydrogen-bond acceptors (Lipinski definition) is 9. The highest BCUT2D eigenvalue weighted by Gasteiger charge is 2.15. The van der Waals surface area contributed by atoms with Gasteiger partial charge in [0.15, 0.2) is 0 Å². The van der Waals surface area contributed by atoms with Gasteiger partial charge in [-0.15, -0.1) is 0 Å². The van der Waals surface area contributed by atoms with Gasteiger partial charge in [0.2, 0.25) is 0 Å². The van der Waals surface area contributed by atoms with Crippen molar-refractivity contribution < 1.29 is 28.3 Å². The number of carboxylic acid groups (broad SMARTS) is 1. The molecule has 0 aliphatic rings. The number of nitrogens with zero attached hydrogens (tertiary/aromatic N) is 4. The lowest BCUT2D eigenvalue weighted by molar-refractivity contribution is 0.0600. The van der Waals surface area contributed by atoms with Crippen LogP contribution >= 0.6 is 0 Å². The maximum absolute atomic E-state index is 11.8. The average Bonchev–Trinajstić information content (AvgIpc) is 3.72. The Morgan fingerprint density at radius 3 is 1.62 bits per heavy atom. The van der Waals surface area contributed by atoms with Crippen molar-refractivity contribution in [3.8, 4) is 22.6 Å². The van der Waals surface area contributed by atoms with Crippen LogP contribution in [0.5, 0.6) is 0 Å². The number of rotatable bonds is 4. The Labute approximate surface area is 254 Å². The minimum Gasteiger partial charge on any atom is -0.478 e. The first-order valence-corrected chi connectivity index (χ1v) is 13.8. The molecule has 10 heteroatoms. The van der Waals surface area contributed by atoms with Crippen molar-refractivity contribution in [2.45, 2.75) is 0 Å². The number of fused-ring (bicyclic) bond motifs is 4. The van der Waals surface area contributed by atoms with Crippen LogP contribution in [-0.4, -0.2) is 44.5 Å². The summed E-state index contributed by atoms with van der Waals surface area (Å²) in [5.74, 6) is -0.0368. The standard InChI is InChI=1S/C18H12N2O3.C17H10N2O3/c1-22-18(21)12-6-7-15-13(8-12)14(10-19-20-15)17-9-11-4-2-3-5-16(11)23-17;20-17(21)11-5-6-14-12(7-11)13(9-18-19-14)16-8-10-3-1-2-4-15(10)22-16/h2-10H,1H3;1-9H,(H,20,21). The van der Waals surface area contributed by atoms with Crippen molar-refractivity contribution in [2.24, 2.45) is 0 Å². The lowest BCUT2D eigenvalue weighted by atomic mass is 10.1. The molecule has 1 N–H and O–H groups in total. The number of carbonyl (C=O) groups excluding carboxylic acids is 1. The molecule has 0 saturated heterocycles. The molecule has 0 unspecified atom stereocenters. The quantitative estimate of drug-likeness (QED) is 0.203. The molecule has 0 atom stereocenters. The van der Waals surface area contributed by atoms with E-state index in [1.807, 2.05) is 60.7 Å². The highest BCUT2D eigenvalue weighted by atomic mass is 16.5. The first-order valence-electron chi connectivity index (χ1n) is 13.8. The molecule has 4 aromatic carbocycles. The van der Waals surface area contributed by atoms with Gasteiger partial charge >= 0.3 is 11.9 Å². The van der Waals surface area contributed by atoms with Crippen molar-refractivity contribution in [3.63, 3.8) is 0 Å². The number of hydrogen-bond donors (Lipinski definition) is 1. The molecule has 8 rings (SSSR count). The minimum atomic E-state index is -0.978. The molecule has 0 spiro atoms. The number of aromatic carboxylic acids is 1. The average molecular weight is 595 g/mol. The predicted octanol–water partition coefficient (Wildman–Crippen LogP) is 7.57. The van der Waals surface area contributed by atoms with Crippen LogP contribution in [0.2, 0.25) is 0 Å². The maximum atomic E-state index is 11.8. The van der Waals surface area contributed by atoms with Crippen molar-refractivity contribution >= 4 is 55.7 Å². The number of benzene rings is 4. The summed E-state index contributed by atoms with van der Waals surface area (Å²) in [5.41, 5.74) is 5.08. The molecule has 0 aliphatic heterocycles. The van der Waals surface area contributed by atoms with Crippen LogP contribution in [0.15, 0.2) is 118 Å². The third-order valence-electron chi connectivity index (χ3n) is 7.33. The Morgan fingerprint density at radius 1 is 0.644 bits per heavy atom. The van der Waals surface area contributed by atoms with Gasteiger partial charge in [0, 0.05) is 32.7 Å². The van der Waals surface area contributed by atoms with Crippen LogP contribution in [0.25, 0.3) is 66.4 Å². The number of furan rings is 2. The molecule has 0 saturated carbocycles. The fraction of sp³-hybridized carbons (Fsp3) is 0.0286. The molecule has 0 aliphatic carbocycles. The number of methoxy groups -OCH3 is 1. The van der Waals surface area contributed by atoms with Crippen LogP contribution in [-0.2, 0) is 4.74 Å². The molecule has 8 aromatic rings. The van der Waals surface area contributed by atoms with E-state index in [0.29, 0.717) is 33.5 Å². The van der Waals surface area contributed by atoms with Gasteiger partial charge in [0.25, 0.3) is 0 Å². The van der Waals surface area contributed by atoms with Gasteiger partial charge in [-0.25, -0.2) is 9.59 Å². The largest absolute Gasteiger partial charge is 0.478 e. The van der Waals surface area contributed by atoms with E-state index in [1.54, 1.807) is 42.7 Å². The Balaban J connectivity index is 0.000000145. The number of carboxylic acids is 1. The van der Waals surface area contributed by atoms with Crippen LogP contribution in [0.4, 0.5) is 0 Å². The molecule has 0 bridgehead atoms. The summed E-state index contributed by atoms with van der Waals surface area (Å²) in [7, 11) is 1.36. The topological polar surface area (TPSA) is 141 Å². The third-order valence-corrected chi connectivity index (χ3v) is 7.33. The zero-order valence-corrected chi connectivity index (χ0v) is 23.7. The van der Waals surface area contributed by atoms with E-state index in [-0.39, 0.29) is 11.5 Å². The number of esters is 1. The lowest BCUT2D eigenvalue weighted by Crippen LogP contribution is -2.01. The zero-order chi connectivity index (χ0) is 30.9. The van der Waals surface area contributed by atoms with E-state index in [1.165, 1.54) is 13.2 Å². The monoisotopic (exact) mass is 594 g/mol. The first-order chi connectivity index (χ1) is 22.0. The summed E-state index contributed by atoms with van der Waals surface area (Å²) in [6.45, 7) is 0. The summed E-state index contributed by atoms with van der Waals surface area (Å²) in [6.07, 6.45) is 3.23. The molecule has 45 heavy (non-hydrogen) atoms. The Kier molecular flexibility index (Phi) is 6.91. The second kappa shape index (κ2) is 11.3. The number of aromatic nitrogens is 4. The third kappa shape index (κ3) is 5.21. The van der Waals surface area contributed by atoms with Gasteiger partial charge in [-0.05, 0) is 60.7 Å². The van der Waals surface area contributed by atoms with E-state index in [9.17, 15) is 9.59 Å². The van der Waals surface area contributed by atoms with Crippen LogP contribution in [0.3, 0.4) is 0 Å². The van der Waals surface area contributed by atoms with E-state index < -0.39 is 5.97 Å². The van der Waals surface area contributed by atoms with Crippen molar-refractivity contribution in [1.82, 2.24) is 20.4 Å². The summed E-state index contributed by atoms with van der Waals surface area (Å²) in [4.78, 5) is 22.9. The molecular formula is C35H22N4O6. The second-order valence-electron chi connectivity index (χ2n) is 10.1. The number of carbonyl (C=O) groups is 2. The molecule has 10 nitrogen and oxygen atoms in total. The van der Waals surface area contributed by atoms with Crippen LogP contribution in [0.1, 0.15) is 20.7 Å². The maximum Gasteiger partial charge on any atom is 0.337 e. The first kappa shape index (κ1) is 27.4. The smallest absolute Gasteiger partial charge is 0.337 e. The van der Waals surface area contributed by atoms with Gasteiger partial charge in [-0.1, -0.05) is 36.4 Å². The lowest BCUT2D eigenvalue weighted by Gasteiger charge is -2.04. The fourth-order valence-electron chi connectivity index (χ4n) is 5.11. The van der Waals surface area contributed by atoms with Gasteiger partial charge in [0.1, 0.15) is 22.7 Å². The molecule has 0 fully saturated rings. The van der Waals surface area contributed by atoms with Crippen molar-refractivity contribution in [3.05, 3.63) is 121 Å². The highest BCUT2D eigenvalue weighted by molar-refractivity contribution is 6.01. The molecule has 218 valence electrons. The minimum absolute atomic E-state index is 0.206. The van der Waals surface area contributed by atoms with Gasteiger partial charge in [0.05, 0.1) is 41.7 Å². The molecule has 4 aromatic heterocycles. The summed E-state index contributed by atoms with van der Waals surface area (Å²) in [5, 5.41) is 28.8. The van der Waals surface area contributed by atoms with Crippen LogP contribution < -0.4 is 0 Å². The summed E-state index contributed by atoms with van der Waals surface area (Å²) in [6, 6.07) is 29.3. The zero-order valence-electron chi connectivity index (χ0n) is 23.7. The van der Waals surface area contributed by atoms with E-state index in [0.717, 1.165) is 38.5 Å². The van der Waals surface area contributed by atoms with Crippen molar-refractivity contribution in [2.75, 3.05) is 7.11 Å². The summed E-state index contributed by atoms with van der Waals surface area (Å²) < 4.78 is 16.5. The van der Waals surface area contributed by atoms with E-state index >= 15 is 0 Å². The number of ether oxygens (including phenoxy) is 1. The molecule has 0 radical (unpaired) electrons. The number of para-hydroxylation sites is 2. The van der Waals surface area contributed by atoms with Gasteiger partial charge in [-0.3, -0.25) is 0 Å². The van der Waals surface area contributed by atoms with E-state index in [4.69, 9.17) is 18.7 Å². The Hall–Kier alpha value is -6.42. The van der Waals surface area contributed by atoms with E-state index in [2.05, 4.69) is 20.4 Å². The Bertz CT molecular complexity index is 2330. The SMILES string of the molecule is COC(=O)c1ccc2nncc(-c3cc4ccccc4o3)c2c1.O=C(O)c1ccc2nncc(-c3cc4ccccc4o3)c2c1. The summed E-state index contributed by atoms with van der Waals surface area (Å²) >= 11 is 0.